The number of anilines is 2. The van der Waals surface area contributed by atoms with Gasteiger partial charge >= 0.3 is 6.09 Å². The van der Waals surface area contributed by atoms with Gasteiger partial charge in [-0.15, -0.1) is 5.53 Å². The van der Waals surface area contributed by atoms with Crippen LogP contribution >= 0.6 is 23.2 Å². The van der Waals surface area contributed by atoms with E-state index in [0.29, 0.717) is 53.2 Å². The molecule has 1 aromatic heterocycles. The molecule has 3 aliphatic heterocycles. The number of halogens is 2. The molecule has 47 heavy (non-hydrogen) atoms. The summed E-state index contributed by atoms with van der Waals surface area (Å²) in [5.41, 5.74) is 8.56. The van der Waals surface area contributed by atoms with Gasteiger partial charge in [0.2, 0.25) is 5.91 Å². The highest BCUT2D eigenvalue weighted by molar-refractivity contribution is 6.31. The number of aromatic nitrogens is 2. The maximum atomic E-state index is 13.8. The normalized spacial score (nSPS) is 20.3. The highest BCUT2D eigenvalue weighted by atomic mass is 35.5. The monoisotopic (exact) mass is 680 g/mol. The molecule has 0 radical (unpaired) electrons. The number of benzene rings is 2. The van der Waals surface area contributed by atoms with Gasteiger partial charge in [-0.1, -0.05) is 35.3 Å². The van der Waals surface area contributed by atoms with Gasteiger partial charge in [0.05, 0.1) is 36.5 Å². The van der Waals surface area contributed by atoms with E-state index in [2.05, 4.69) is 16.3 Å². The average Bonchev–Trinajstić information content (AvgIpc) is 3.47. The Balaban J connectivity index is 1.32. The van der Waals surface area contributed by atoms with E-state index in [-0.39, 0.29) is 24.1 Å². The summed E-state index contributed by atoms with van der Waals surface area (Å²) >= 11 is 12.5. The number of carbonyl (C=O) groups excluding carboxylic acids is 2. The van der Waals surface area contributed by atoms with Crippen LogP contribution in [0.25, 0.3) is 11.3 Å². The first-order valence-electron chi connectivity index (χ1n) is 15.7. The van der Waals surface area contributed by atoms with Gasteiger partial charge in [-0.05, 0) is 75.9 Å². The summed E-state index contributed by atoms with van der Waals surface area (Å²) in [6, 6.07) is 13.9. The number of hydrogen-bond acceptors (Lipinski definition) is 9. The van der Waals surface area contributed by atoms with Gasteiger partial charge < -0.3 is 19.9 Å². The van der Waals surface area contributed by atoms with Crippen molar-refractivity contribution in [3.05, 3.63) is 87.2 Å². The maximum Gasteiger partial charge on any atom is 0.410 e. The molecule has 3 aliphatic rings. The lowest BCUT2D eigenvalue weighted by atomic mass is 9.98. The number of carbonyl (C=O) groups is 2. The van der Waals surface area contributed by atoms with Crippen LogP contribution in [0.1, 0.15) is 51.6 Å². The van der Waals surface area contributed by atoms with Crippen molar-refractivity contribution in [3.8, 4) is 11.3 Å². The minimum atomic E-state index is -0.637. The first-order valence-corrected chi connectivity index (χ1v) is 16.4. The topological polar surface area (TPSA) is 124 Å². The Morgan fingerprint density at radius 1 is 1.02 bits per heavy atom. The number of hydrogen-bond donors (Lipinski definition) is 3. The summed E-state index contributed by atoms with van der Waals surface area (Å²) in [4.78, 5) is 48.5. The number of piperazine rings is 1. The first-order chi connectivity index (χ1) is 22.5. The Kier molecular flexibility index (Phi) is 9.36. The van der Waals surface area contributed by atoms with E-state index < -0.39 is 17.7 Å². The standard InChI is InChI=1S/C33H38Cl2N8O4/c1-33(2,3)47-32(46)40-13-14-41-23-8-6-7-21(15-23)26(9-4-5-12-36-31(45)28(41)18-40)42-20-37-25(17-30(42)44)24-16-22(34)10-11-27(24)43-19-29(35)38-39-43/h6-8,10-11,15-17,19-20,26,28,38-39H,4-5,9,12-14,18H2,1-3H3,(H,36,45)/t26-,28+/m0/s1. The molecule has 12 nitrogen and oxygen atoms in total. The highest BCUT2D eigenvalue weighted by Gasteiger charge is 2.36. The van der Waals surface area contributed by atoms with Crippen molar-refractivity contribution in [2.75, 3.05) is 36.1 Å². The average molecular weight is 682 g/mol. The molecule has 1 fully saturated rings. The van der Waals surface area contributed by atoms with Crippen LogP contribution < -0.4 is 31.7 Å². The molecular formula is C33H38Cl2N8O4. The van der Waals surface area contributed by atoms with Gasteiger partial charge in [-0.25, -0.2) is 9.78 Å². The van der Waals surface area contributed by atoms with E-state index in [0.717, 1.165) is 24.1 Å². The van der Waals surface area contributed by atoms with E-state index in [1.165, 1.54) is 6.07 Å². The van der Waals surface area contributed by atoms with Crippen molar-refractivity contribution in [2.24, 2.45) is 0 Å². The van der Waals surface area contributed by atoms with Crippen LogP contribution in [0.3, 0.4) is 0 Å². The van der Waals surface area contributed by atoms with Crippen LogP contribution in [0.4, 0.5) is 16.2 Å². The molecule has 6 rings (SSSR count). The number of nitrogens with one attached hydrogen (secondary N) is 3. The molecular weight excluding hydrogens is 643 g/mol. The fraction of sp³-hybridized carbons (Fsp3) is 0.394. The zero-order valence-electron chi connectivity index (χ0n) is 26.5. The molecule has 2 amide bonds. The molecule has 1 saturated heterocycles. The summed E-state index contributed by atoms with van der Waals surface area (Å²) in [6.45, 7) is 7.03. The molecule has 0 spiro atoms. The van der Waals surface area contributed by atoms with Crippen LogP contribution in [0.2, 0.25) is 5.02 Å². The third-order valence-electron chi connectivity index (χ3n) is 8.33. The molecule has 248 valence electrons. The third-order valence-corrected chi connectivity index (χ3v) is 8.76. The number of fused-ring (bicyclic) bond motifs is 4. The van der Waals surface area contributed by atoms with E-state index >= 15 is 0 Å². The van der Waals surface area contributed by atoms with Gasteiger partial charge in [-0.2, -0.15) is 0 Å². The second-order valence-corrected chi connectivity index (χ2v) is 13.6. The van der Waals surface area contributed by atoms with Gasteiger partial charge in [-0.3, -0.25) is 24.6 Å². The smallest absolute Gasteiger partial charge is 0.410 e. The van der Waals surface area contributed by atoms with Crippen molar-refractivity contribution >= 4 is 46.6 Å². The van der Waals surface area contributed by atoms with Crippen LogP contribution in [0, 0.1) is 0 Å². The molecule has 2 atom stereocenters. The van der Waals surface area contributed by atoms with E-state index in [1.807, 2.05) is 56.0 Å². The highest BCUT2D eigenvalue weighted by Crippen LogP contribution is 2.34. The molecule has 3 N–H and O–H groups in total. The summed E-state index contributed by atoms with van der Waals surface area (Å²) < 4.78 is 7.27. The number of nitrogens with zero attached hydrogens (tertiary/aromatic N) is 5. The van der Waals surface area contributed by atoms with Crippen LogP contribution in [0.15, 0.2) is 71.0 Å². The lowest BCUT2D eigenvalue weighted by Gasteiger charge is -2.42. The number of hydrazine groups is 2. The van der Waals surface area contributed by atoms with Crippen molar-refractivity contribution in [2.45, 2.75) is 57.7 Å². The minimum Gasteiger partial charge on any atom is -0.444 e. The molecule has 2 bridgehead atoms. The van der Waals surface area contributed by atoms with Gasteiger partial charge in [0.15, 0.2) is 0 Å². The fourth-order valence-corrected chi connectivity index (χ4v) is 6.43. The zero-order valence-corrected chi connectivity index (χ0v) is 28.0. The SMILES string of the molecule is CC(C)(C)OC(=O)N1CCN2c3cccc(c3)[C@@H](n3cnc(-c4cc(Cl)ccc4N4C=C(Cl)NN4)cc3=O)CCCCNC(=O)[C@H]2C1. The lowest BCUT2D eigenvalue weighted by molar-refractivity contribution is -0.123. The Hall–Kier alpha value is -4.26. The molecule has 0 saturated carbocycles. The van der Waals surface area contributed by atoms with Crippen LogP contribution in [-0.4, -0.2) is 64.3 Å². The molecule has 14 heteroatoms. The Morgan fingerprint density at radius 3 is 2.60 bits per heavy atom. The lowest BCUT2D eigenvalue weighted by Crippen LogP contribution is -2.61. The molecule has 2 aromatic carbocycles. The summed E-state index contributed by atoms with van der Waals surface area (Å²) in [5.74, 6) is -0.130. The van der Waals surface area contributed by atoms with Crippen LogP contribution in [-0.2, 0) is 9.53 Å². The Labute approximate surface area is 283 Å². The quantitative estimate of drug-likeness (QED) is 0.337. The number of ether oxygens (including phenoxy) is 1. The van der Waals surface area contributed by atoms with Gasteiger partial charge in [0.25, 0.3) is 5.56 Å². The van der Waals surface area contributed by atoms with Crippen molar-refractivity contribution in [1.82, 2.24) is 30.7 Å². The van der Waals surface area contributed by atoms with Crippen molar-refractivity contribution < 1.29 is 14.3 Å². The predicted octanol–water partition coefficient (Wildman–Crippen LogP) is 4.75. The van der Waals surface area contributed by atoms with E-state index in [9.17, 15) is 14.4 Å². The minimum absolute atomic E-state index is 0.130. The number of amides is 2. The largest absolute Gasteiger partial charge is 0.444 e. The first kappa shape index (κ1) is 32.7. The van der Waals surface area contributed by atoms with Crippen molar-refractivity contribution in [1.29, 1.82) is 0 Å². The summed E-state index contributed by atoms with van der Waals surface area (Å²) in [6.07, 6.45) is 5.00. The Morgan fingerprint density at radius 2 is 1.85 bits per heavy atom. The second-order valence-electron chi connectivity index (χ2n) is 12.8. The van der Waals surface area contributed by atoms with Gasteiger partial charge in [0, 0.05) is 42.0 Å². The predicted molar refractivity (Wildman–Crippen MR) is 182 cm³/mol. The van der Waals surface area contributed by atoms with E-state index in [4.69, 9.17) is 32.9 Å². The fourth-order valence-electron chi connectivity index (χ4n) is 6.11. The number of rotatable bonds is 3. The molecule has 4 heterocycles. The maximum absolute atomic E-state index is 13.8. The molecule has 0 unspecified atom stereocenters. The van der Waals surface area contributed by atoms with Crippen LogP contribution in [0.5, 0.6) is 0 Å². The van der Waals surface area contributed by atoms with E-state index in [1.54, 1.807) is 39.1 Å². The molecule has 0 aliphatic carbocycles. The molecule has 3 aromatic rings. The summed E-state index contributed by atoms with van der Waals surface area (Å²) in [5, 5.41) is 5.68. The Bertz CT molecular complexity index is 1760. The second kappa shape index (κ2) is 13.5. The van der Waals surface area contributed by atoms with Crippen molar-refractivity contribution in [3.63, 3.8) is 0 Å². The van der Waals surface area contributed by atoms with Gasteiger partial charge in [0.1, 0.15) is 16.8 Å². The third kappa shape index (κ3) is 7.34. The summed E-state index contributed by atoms with van der Waals surface area (Å²) in [7, 11) is 0. The zero-order chi connectivity index (χ0) is 33.3.